The molecule has 1 saturated heterocycles. The number of hydrogen-bond acceptors (Lipinski definition) is 8. The van der Waals surface area contributed by atoms with Crippen molar-refractivity contribution in [3.8, 4) is 0 Å². The zero-order chi connectivity index (χ0) is 26.7. The first kappa shape index (κ1) is 26.3. The summed E-state index contributed by atoms with van der Waals surface area (Å²) < 4.78 is 68.4. The summed E-state index contributed by atoms with van der Waals surface area (Å²) in [6.07, 6.45) is -1.79. The fourth-order valence-electron chi connectivity index (χ4n) is 3.63. The molecule has 2 N–H and O–H groups in total. The highest BCUT2D eigenvalue weighted by atomic mass is 32.1. The van der Waals surface area contributed by atoms with Gasteiger partial charge in [0, 0.05) is 37.9 Å². The summed E-state index contributed by atoms with van der Waals surface area (Å²) in [6, 6.07) is 2.96. The fraction of sp³-hybridized carbons (Fsp3) is 0.318. The number of piperazine rings is 1. The van der Waals surface area contributed by atoms with Gasteiger partial charge in [0.25, 0.3) is 11.8 Å². The van der Waals surface area contributed by atoms with Crippen molar-refractivity contribution in [3.05, 3.63) is 59.2 Å². The van der Waals surface area contributed by atoms with E-state index in [4.69, 9.17) is 0 Å². The molecule has 37 heavy (non-hydrogen) atoms. The average Bonchev–Trinajstić information content (AvgIpc) is 3.21. The van der Waals surface area contributed by atoms with Crippen LogP contribution in [0.1, 0.15) is 26.5 Å². The quantitative estimate of drug-likeness (QED) is 0.457. The Morgan fingerprint density at radius 2 is 1.78 bits per heavy atom. The lowest BCUT2D eigenvalue weighted by atomic mass is 10.2. The summed E-state index contributed by atoms with van der Waals surface area (Å²) in [5.41, 5.74) is 0.624. The van der Waals surface area contributed by atoms with Gasteiger partial charge >= 0.3 is 6.18 Å². The van der Waals surface area contributed by atoms with Gasteiger partial charge in [0.1, 0.15) is 16.5 Å². The van der Waals surface area contributed by atoms with E-state index in [1.165, 1.54) is 28.3 Å². The molecule has 0 saturated carbocycles. The molecular formula is C22H20F5N7O2S. The Morgan fingerprint density at radius 1 is 1.05 bits per heavy atom. The molecule has 1 aromatic carbocycles. The normalized spacial score (nSPS) is 14.5. The predicted octanol–water partition coefficient (Wildman–Crippen LogP) is 3.84. The Labute approximate surface area is 211 Å². The average molecular weight is 542 g/mol. The van der Waals surface area contributed by atoms with E-state index in [9.17, 15) is 31.5 Å². The number of amides is 2. The van der Waals surface area contributed by atoms with Crippen LogP contribution in [0.5, 0.6) is 0 Å². The van der Waals surface area contributed by atoms with Crippen molar-refractivity contribution in [3.63, 3.8) is 0 Å². The summed E-state index contributed by atoms with van der Waals surface area (Å²) in [5, 5.41) is 5.70. The van der Waals surface area contributed by atoms with E-state index in [2.05, 4.69) is 25.0 Å². The number of alkyl halides is 3. The zero-order valence-corrected chi connectivity index (χ0v) is 20.1. The topological polar surface area (TPSA) is 103 Å². The molecule has 9 nitrogen and oxygen atoms in total. The van der Waals surface area contributed by atoms with Crippen LogP contribution in [-0.4, -0.2) is 74.9 Å². The number of carbonyl (C=O) groups is 2. The Hall–Kier alpha value is -3.72. The Kier molecular flexibility index (Phi) is 7.63. The molecule has 2 amide bonds. The lowest BCUT2D eigenvalue weighted by Gasteiger charge is -2.34. The number of anilines is 3. The minimum Gasteiger partial charge on any atom is -0.335 e. The Bertz CT molecular complexity index is 1290. The number of aryl methyl sites for hydroxylation is 1. The van der Waals surface area contributed by atoms with Gasteiger partial charge in [0.05, 0.1) is 30.2 Å². The summed E-state index contributed by atoms with van der Waals surface area (Å²) in [7, 11) is 0. The molecule has 1 fully saturated rings. The van der Waals surface area contributed by atoms with Crippen molar-refractivity contribution in [1.29, 1.82) is 0 Å². The van der Waals surface area contributed by atoms with E-state index in [1.807, 2.05) is 0 Å². The third kappa shape index (κ3) is 6.54. The van der Waals surface area contributed by atoms with Crippen molar-refractivity contribution in [2.45, 2.75) is 13.1 Å². The van der Waals surface area contributed by atoms with Gasteiger partial charge in [-0.25, -0.2) is 18.7 Å². The predicted molar refractivity (Wildman–Crippen MR) is 125 cm³/mol. The van der Waals surface area contributed by atoms with Crippen molar-refractivity contribution in [1.82, 2.24) is 24.1 Å². The number of aromatic nitrogens is 3. The van der Waals surface area contributed by atoms with Crippen LogP contribution in [0.2, 0.25) is 0 Å². The highest BCUT2D eigenvalue weighted by molar-refractivity contribution is 7.10. The van der Waals surface area contributed by atoms with Gasteiger partial charge in [-0.1, -0.05) is 0 Å². The minimum absolute atomic E-state index is 0.0200. The first-order valence-electron chi connectivity index (χ1n) is 10.9. The highest BCUT2D eigenvalue weighted by Crippen LogP contribution is 2.28. The van der Waals surface area contributed by atoms with E-state index in [-0.39, 0.29) is 48.9 Å². The van der Waals surface area contributed by atoms with Crippen molar-refractivity contribution < 1.29 is 31.5 Å². The van der Waals surface area contributed by atoms with Crippen LogP contribution in [0.15, 0.2) is 30.6 Å². The smallest absolute Gasteiger partial charge is 0.335 e. The van der Waals surface area contributed by atoms with Gasteiger partial charge in [-0.05, 0) is 30.6 Å². The molecule has 1 aliphatic rings. The number of nitrogens with one attached hydrogen (secondary N) is 2. The summed E-state index contributed by atoms with van der Waals surface area (Å²) in [4.78, 5) is 36.3. The SMILES string of the molecule is Cc1nsc(Nc2cnc(C(=O)N3CCN(CC(F)(F)F)CC3)cn2)c1C(=O)Nc1ccc(F)c(F)c1. The van der Waals surface area contributed by atoms with E-state index in [0.29, 0.717) is 10.7 Å². The summed E-state index contributed by atoms with van der Waals surface area (Å²) in [5.74, 6) is -3.01. The van der Waals surface area contributed by atoms with Crippen LogP contribution in [0.3, 0.4) is 0 Å². The maximum atomic E-state index is 13.5. The Balaban J connectivity index is 1.39. The van der Waals surface area contributed by atoms with E-state index in [1.54, 1.807) is 6.92 Å². The number of hydrogen-bond donors (Lipinski definition) is 2. The minimum atomic E-state index is -4.30. The molecular weight excluding hydrogens is 521 g/mol. The first-order chi connectivity index (χ1) is 17.5. The number of nitrogens with zero attached hydrogens (tertiary/aromatic N) is 5. The lowest BCUT2D eigenvalue weighted by Crippen LogP contribution is -2.51. The van der Waals surface area contributed by atoms with Crippen LogP contribution < -0.4 is 10.6 Å². The van der Waals surface area contributed by atoms with Crippen molar-refractivity contribution >= 4 is 39.9 Å². The molecule has 1 aliphatic heterocycles. The van der Waals surface area contributed by atoms with Crippen LogP contribution in [0.25, 0.3) is 0 Å². The van der Waals surface area contributed by atoms with Gasteiger partial charge in [-0.2, -0.15) is 17.5 Å². The molecule has 3 heterocycles. The first-order valence-corrected chi connectivity index (χ1v) is 11.7. The Morgan fingerprint density at radius 3 is 2.41 bits per heavy atom. The van der Waals surface area contributed by atoms with E-state index < -0.39 is 36.2 Å². The molecule has 0 spiro atoms. The molecule has 3 aromatic rings. The van der Waals surface area contributed by atoms with Crippen LogP contribution in [0, 0.1) is 18.6 Å². The fourth-order valence-corrected chi connectivity index (χ4v) is 4.44. The maximum Gasteiger partial charge on any atom is 0.401 e. The number of benzene rings is 1. The third-order valence-corrected chi connectivity index (χ3v) is 6.30. The highest BCUT2D eigenvalue weighted by Gasteiger charge is 2.33. The molecule has 15 heteroatoms. The second kappa shape index (κ2) is 10.7. The largest absolute Gasteiger partial charge is 0.401 e. The van der Waals surface area contributed by atoms with Gasteiger partial charge in [0.15, 0.2) is 11.6 Å². The van der Waals surface area contributed by atoms with Crippen molar-refractivity contribution in [2.75, 3.05) is 43.4 Å². The van der Waals surface area contributed by atoms with Gasteiger partial charge < -0.3 is 15.5 Å². The standard InChI is InChI=1S/C22H20F5N7O2S/c1-12-18(19(35)30-13-2-3-14(23)15(24)8-13)20(37-32-12)31-17-10-28-16(9-29-17)21(36)34-6-4-33(5-7-34)11-22(25,26)27/h2-3,8-10H,4-7,11H2,1H3,(H,29,31)(H,30,35). The van der Waals surface area contributed by atoms with Gasteiger partial charge in [-0.15, -0.1) is 0 Å². The second-order valence-corrected chi connectivity index (χ2v) is 8.92. The maximum absolute atomic E-state index is 13.5. The monoisotopic (exact) mass is 541 g/mol. The molecule has 2 aromatic heterocycles. The lowest BCUT2D eigenvalue weighted by molar-refractivity contribution is -0.148. The van der Waals surface area contributed by atoms with E-state index in [0.717, 1.165) is 23.7 Å². The van der Waals surface area contributed by atoms with Gasteiger partial charge in [0.2, 0.25) is 0 Å². The molecule has 0 bridgehead atoms. The molecule has 0 unspecified atom stereocenters. The van der Waals surface area contributed by atoms with E-state index >= 15 is 0 Å². The van der Waals surface area contributed by atoms with Gasteiger partial charge in [-0.3, -0.25) is 14.5 Å². The van der Waals surface area contributed by atoms with Crippen LogP contribution in [0.4, 0.5) is 38.5 Å². The molecule has 196 valence electrons. The zero-order valence-electron chi connectivity index (χ0n) is 19.3. The summed E-state index contributed by atoms with van der Waals surface area (Å²) >= 11 is 0.969. The number of carbonyl (C=O) groups excluding carboxylic acids is 2. The molecule has 0 atom stereocenters. The molecule has 4 rings (SSSR count). The molecule has 0 radical (unpaired) electrons. The summed E-state index contributed by atoms with van der Waals surface area (Å²) in [6.45, 7) is 1.04. The number of halogens is 5. The van der Waals surface area contributed by atoms with Crippen LogP contribution >= 0.6 is 11.5 Å². The van der Waals surface area contributed by atoms with Crippen LogP contribution in [-0.2, 0) is 0 Å². The second-order valence-electron chi connectivity index (χ2n) is 8.15. The molecule has 0 aliphatic carbocycles. The van der Waals surface area contributed by atoms with Crippen molar-refractivity contribution in [2.24, 2.45) is 0 Å². The number of rotatable bonds is 6. The third-order valence-electron chi connectivity index (χ3n) is 5.44.